The predicted molar refractivity (Wildman–Crippen MR) is 116 cm³/mol. The number of aryl methyl sites for hydroxylation is 1. The average molecular weight is 426 g/mol. The summed E-state index contributed by atoms with van der Waals surface area (Å²) < 4.78 is 35.3. The molecule has 2 aromatic carbocycles. The zero-order valence-corrected chi connectivity index (χ0v) is 18.1. The molecule has 6 nitrogen and oxygen atoms in total. The van der Waals surface area contributed by atoms with Crippen LogP contribution in [0.4, 0.5) is 0 Å². The topological polar surface area (TPSA) is 73.2 Å². The van der Waals surface area contributed by atoms with Crippen molar-refractivity contribution < 1.29 is 13.2 Å². The number of ether oxygens (including phenoxy) is 1. The van der Waals surface area contributed by atoms with Gasteiger partial charge in [-0.25, -0.2) is 18.1 Å². The molecular formula is C23H27N3O3S. The highest BCUT2D eigenvalue weighted by Crippen LogP contribution is 2.41. The molecule has 0 spiro atoms. The Morgan fingerprint density at radius 1 is 1.17 bits per heavy atom. The van der Waals surface area contributed by atoms with Crippen molar-refractivity contribution in [2.45, 2.75) is 37.3 Å². The summed E-state index contributed by atoms with van der Waals surface area (Å²) in [7, 11) is -1.91. The van der Waals surface area contributed by atoms with Crippen LogP contribution in [0.1, 0.15) is 36.0 Å². The lowest BCUT2D eigenvalue weighted by Gasteiger charge is -2.33. The zero-order chi connectivity index (χ0) is 21.1. The SMILES string of the molecule is CCC1COc2ccc(CNS(=O)(=O)c3cn(C)cn3)cc2C1Cc1ccccc1. The van der Waals surface area contributed by atoms with Crippen molar-refractivity contribution in [2.75, 3.05) is 6.61 Å². The first-order valence-corrected chi connectivity index (χ1v) is 11.7. The Kier molecular flexibility index (Phi) is 5.92. The molecule has 7 heteroatoms. The van der Waals surface area contributed by atoms with E-state index in [-0.39, 0.29) is 11.6 Å². The fourth-order valence-corrected chi connectivity index (χ4v) is 5.02. The first kappa shape index (κ1) is 20.6. The van der Waals surface area contributed by atoms with Gasteiger partial charge in [-0.15, -0.1) is 0 Å². The van der Waals surface area contributed by atoms with E-state index < -0.39 is 10.0 Å². The van der Waals surface area contributed by atoms with Crippen molar-refractivity contribution in [3.63, 3.8) is 0 Å². The van der Waals surface area contributed by atoms with E-state index in [1.807, 2.05) is 18.2 Å². The third-order valence-electron chi connectivity index (χ3n) is 5.74. The number of benzene rings is 2. The molecule has 1 aromatic heterocycles. The van der Waals surface area contributed by atoms with Crippen LogP contribution in [0.15, 0.2) is 66.1 Å². The number of imidazole rings is 1. The molecular weight excluding hydrogens is 398 g/mol. The molecule has 2 unspecified atom stereocenters. The van der Waals surface area contributed by atoms with Gasteiger partial charge in [0.2, 0.25) is 0 Å². The van der Waals surface area contributed by atoms with Gasteiger partial charge in [0.1, 0.15) is 5.75 Å². The Morgan fingerprint density at radius 3 is 2.67 bits per heavy atom. The number of nitrogens with one attached hydrogen (secondary N) is 1. The maximum Gasteiger partial charge on any atom is 0.259 e. The Labute approximate surface area is 178 Å². The lowest BCUT2D eigenvalue weighted by atomic mass is 9.78. The second kappa shape index (κ2) is 8.62. The maximum absolute atomic E-state index is 12.5. The summed E-state index contributed by atoms with van der Waals surface area (Å²) in [6.45, 7) is 3.12. The molecule has 4 rings (SSSR count). The smallest absolute Gasteiger partial charge is 0.259 e. The number of hydrogen-bond donors (Lipinski definition) is 1. The monoisotopic (exact) mass is 425 g/mol. The van der Waals surface area contributed by atoms with Gasteiger partial charge < -0.3 is 9.30 Å². The second-order valence-corrected chi connectivity index (χ2v) is 9.56. The highest BCUT2D eigenvalue weighted by Gasteiger charge is 2.30. The number of hydrogen-bond acceptors (Lipinski definition) is 4. The van der Waals surface area contributed by atoms with Crippen molar-refractivity contribution in [1.82, 2.24) is 14.3 Å². The Morgan fingerprint density at radius 2 is 1.97 bits per heavy atom. The molecule has 2 heterocycles. The van der Waals surface area contributed by atoms with Crippen LogP contribution in [0.2, 0.25) is 0 Å². The number of sulfonamides is 1. The number of aromatic nitrogens is 2. The molecule has 0 saturated heterocycles. The standard InChI is InChI=1S/C23H27N3O3S/c1-3-19-15-29-22-10-9-18(13-25-30(27,28)23-14-26(2)16-24-23)12-21(22)20(19)11-17-7-5-4-6-8-17/h4-10,12,14,16,19-20,25H,3,11,13,15H2,1-2H3. The fraction of sp³-hybridized carbons (Fsp3) is 0.348. The largest absolute Gasteiger partial charge is 0.493 e. The van der Waals surface area contributed by atoms with Crippen LogP contribution in [-0.4, -0.2) is 24.6 Å². The number of rotatable bonds is 7. The minimum atomic E-state index is -3.65. The first-order valence-electron chi connectivity index (χ1n) is 10.2. The summed E-state index contributed by atoms with van der Waals surface area (Å²) in [4.78, 5) is 3.94. The van der Waals surface area contributed by atoms with Gasteiger partial charge >= 0.3 is 0 Å². The minimum Gasteiger partial charge on any atom is -0.493 e. The fourth-order valence-electron chi connectivity index (χ4n) is 4.02. The molecule has 3 aromatic rings. The van der Waals surface area contributed by atoms with Crippen molar-refractivity contribution in [3.8, 4) is 5.75 Å². The molecule has 0 bridgehead atoms. The summed E-state index contributed by atoms with van der Waals surface area (Å²) in [5, 5.41) is 0.0271. The summed E-state index contributed by atoms with van der Waals surface area (Å²) in [6, 6.07) is 16.5. The van der Waals surface area contributed by atoms with Gasteiger partial charge in [-0.1, -0.05) is 49.4 Å². The highest BCUT2D eigenvalue weighted by atomic mass is 32.2. The van der Waals surface area contributed by atoms with Crippen LogP contribution < -0.4 is 9.46 Å². The van der Waals surface area contributed by atoms with E-state index in [0.717, 1.165) is 29.7 Å². The van der Waals surface area contributed by atoms with Crippen LogP contribution in [0.5, 0.6) is 5.75 Å². The van der Waals surface area contributed by atoms with Crippen molar-refractivity contribution >= 4 is 10.0 Å². The molecule has 0 aliphatic carbocycles. The van der Waals surface area contributed by atoms with E-state index >= 15 is 0 Å². The first-order chi connectivity index (χ1) is 14.5. The van der Waals surface area contributed by atoms with E-state index in [1.165, 1.54) is 18.1 Å². The van der Waals surface area contributed by atoms with Crippen LogP contribution in [0, 0.1) is 5.92 Å². The zero-order valence-electron chi connectivity index (χ0n) is 17.3. The molecule has 2 atom stereocenters. The Hall–Kier alpha value is -2.64. The van der Waals surface area contributed by atoms with Gasteiger partial charge in [0, 0.05) is 25.7 Å². The number of nitrogens with zero attached hydrogens (tertiary/aromatic N) is 2. The van der Waals surface area contributed by atoms with E-state index in [2.05, 4.69) is 47.0 Å². The van der Waals surface area contributed by atoms with Crippen molar-refractivity contribution in [1.29, 1.82) is 0 Å². The van der Waals surface area contributed by atoms with E-state index in [9.17, 15) is 8.42 Å². The van der Waals surface area contributed by atoms with E-state index in [1.54, 1.807) is 11.6 Å². The lowest BCUT2D eigenvalue weighted by molar-refractivity contribution is 0.188. The molecule has 1 N–H and O–H groups in total. The van der Waals surface area contributed by atoms with E-state index in [0.29, 0.717) is 18.4 Å². The Bertz CT molecular complexity index is 1110. The van der Waals surface area contributed by atoms with Crippen LogP contribution in [0.3, 0.4) is 0 Å². The number of fused-ring (bicyclic) bond motifs is 1. The molecule has 158 valence electrons. The van der Waals surface area contributed by atoms with Gasteiger partial charge in [0.25, 0.3) is 10.0 Å². The lowest BCUT2D eigenvalue weighted by Crippen LogP contribution is -2.28. The average Bonchev–Trinajstić information content (AvgIpc) is 3.21. The summed E-state index contributed by atoms with van der Waals surface area (Å²) in [5.74, 6) is 1.67. The van der Waals surface area contributed by atoms with Crippen LogP contribution in [0.25, 0.3) is 0 Å². The maximum atomic E-state index is 12.5. The van der Waals surface area contributed by atoms with Gasteiger partial charge in [-0.3, -0.25) is 0 Å². The quantitative estimate of drug-likeness (QED) is 0.627. The summed E-state index contributed by atoms with van der Waals surface area (Å²) in [5.41, 5.74) is 3.37. The molecule has 0 amide bonds. The van der Waals surface area contributed by atoms with Gasteiger partial charge in [-0.05, 0) is 41.5 Å². The third kappa shape index (κ3) is 4.42. The van der Waals surface area contributed by atoms with Crippen molar-refractivity contribution in [3.05, 3.63) is 77.7 Å². The molecule has 1 aliphatic heterocycles. The van der Waals surface area contributed by atoms with Crippen LogP contribution in [-0.2, 0) is 30.0 Å². The van der Waals surface area contributed by atoms with Gasteiger partial charge in [-0.2, -0.15) is 0 Å². The van der Waals surface area contributed by atoms with Crippen molar-refractivity contribution in [2.24, 2.45) is 13.0 Å². The molecule has 0 saturated carbocycles. The molecule has 1 aliphatic rings. The Balaban J connectivity index is 1.57. The predicted octanol–water partition coefficient (Wildman–Crippen LogP) is 3.64. The normalized spacial score (nSPS) is 18.6. The summed E-state index contributed by atoms with van der Waals surface area (Å²) >= 11 is 0. The van der Waals surface area contributed by atoms with Gasteiger partial charge in [0.15, 0.2) is 5.03 Å². The molecule has 0 radical (unpaired) electrons. The molecule has 30 heavy (non-hydrogen) atoms. The molecule has 0 fully saturated rings. The summed E-state index contributed by atoms with van der Waals surface area (Å²) in [6.07, 6.45) is 4.95. The second-order valence-electron chi connectivity index (χ2n) is 7.85. The van der Waals surface area contributed by atoms with E-state index in [4.69, 9.17) is 4.74 Å². The highest BCUT2D eigenvalue weighted by molar-refractivity contribution is 7.89. The van der Waals surface area contributed by atoms with Crippen LogP contribution >= 0.6 is 0 Å². The minimum absolute atomic E-state index is 0.0271. The third-order valence-corrected chi connectivity index (χ3v) is 7.03. The van der Waals surface area contributed by atoms with Gasteiger partial charge in [0.05, 0.1) is 12.9 Å².